The van der Waals surface area contributed by atoms with E-state index in [4.69, 9.17) is 55.9 Å². The van der Waals surface area contributed by atoms with Crippen LogP contribution in [0.2, 0.25) is 5.02 Å². The normalized spacial score (nSPS) is 22.8. The van der Waals surface area contributed by atoms with Crippen LogP contribution >= 0.6 is 46.4 Å². The molecule has 2 rings (SSSR count). The molecule has 1 aliphatic rings. The van der Waals surface area contributed by atoms with Crippen molar-refractivity contribution >= 4 is 58.7 Å². The summed E-state index contributed by atoms with van der Waals surface area (Å²) < 4.78 is 8.56. The summed E-state index contributed by atoms with van der Waals surface area (Å²) in [5.41, 5.74) is 0.896. The number of likely N-dealkylation sites (tertiary alicyclic amines) is 1. The van der Waals surface area contributed by atoms with Crippen molar-refractivity contribution in [2.24, 2.45) is 11.8 Å². The summed E-state index contributed by atoms with van der Waals surface area (Å²) in [5.74, 6) is -0.198. The second kappa shape index (κ2) is 9.61. The first-order chi connectivity index (χ1) is 13.0. The minimum absolute atomic E-state index is 0.00865. The molecule has 1 heterocycles. The number of hydrogen-bond acceptors (Lipinski definition) is 4. The van der Waals surface area contributed by atoms with Crippen LogP contribution in [0.5, 0.6) is 0 Å². The van der Waals surface area contributed by atoms with E-state index in [2.05, 4.69) is 0 Å². The fourth-order valence-electron chi connectivity index (χ4n) is 3.39. The van der Waals surface area contributed by atoms with Gasteiger partial charge in [0.15, 0.2) is 0 Å². The molecule has 0 spiro atoms. The van der Waals surface area contributed by atoms with Gasteiger partial charge in [0, 0.05) is 17.5 Å². The molecule has 3 atom stereocenters. The first-order valence-corrected chi connectivity index (χ1v) is 10.1. The number of rotatable bonds is 4. The van der Waals surface area contributed by atoms with Gasteiger partial charge < -0.3 is 19.5 Å². The number of carboxylic acid groups (broad SMARTS) is 1. The lowest BCUT2D eigenvalue weighted by atomic mass is 9.73. The number of piperidine rings is 1. The molecule has 1 N–H and O–H groups in total. The molecule has 156 valence electrons. The van der Waals surface area contributed by atoms with E-state index < -0.39 is 28.8 Å². The number of amides is 1. The predicted octanol–water partition coefficient (Wildman–Crippen LogP) is 5.58. The van der Waals surface area contributed by atoms with Crippen molar-refractivity contribution in [1.29, 1.82) is 0 Å². The monoisotopic (exact) mass is 471 g/mol. The predicted molar refractivity (Wildman–Crippen MR) is 109 cm³/mol. The SMILES string of the molecule is CC(C)C1CN(C(=O)O)CC(OC(=O)OCC(Cl)(Cl)Cl)C1c1ccc(Cl)cc1. The first kappa shape index (κ1) is 23.2. The maximum Gasteiger partial charge on any atom is 0.508 e. The Kier molecular flexibility index (Phi) is 7.97. The van der Waals surface area contributed by atoms with Crippen LogP contribution in [0, 0.1) is 11.8 Å². The zero-order valence-corrected chi connectivity index (χ0v) is 18.3. The molecule has 0 radical (unpaired) electrons. The number of nitrogens with zero attached hydrogens (tertiary/aromatic N) is 1. The fraction of sp³-hybridized carbons (Fsp3) is 0.556. The Bertz CT molecular complexity index is 692. The molecule has 1 aliphatic heterocycles. The van der Waals surface area contributed by atoms with Gasteiger partial charge in [-0.25, -0.2) is 9.59 Å². The Morgan fingerprint density at radius 3 is 2.32 bits per heavy atom. The van der Waals surface area contributed by atoms with Crippen LogP contribution in [0.25, 0.3) is 0 Å². The van der Waals surface area contributed by atoms with Crippen molar-refractivity contribution in [3.8, 4) is 0 Å². The van der Waals surface area contributed by atoms with E-state index in [-0.39, 0.29) is 24.3 Å². The van der Waals surface area contributed by atoms with Gasteiger partial charge in [0.25, 0.3) is 0 Å². The molecule has 1 amide bonds. The Balaban J connectivity index is 2.29. The Labute approximate surface area is 183 Å². The minimum atomic E-state index is -1.77. The molecule has 0 saturated carbocycles. The van der Waals surface area contributed by atoms with E-state index in [1.807, 2.05) is 26.0 Å². The van der Waals surface area contributed by atoms with E-state index in [1.54, 1.807) is 12.1 Å². The third-order valence-corrected chi connectivity index (χ3v) is 5.26. The number of carbonyl (C=O) groups is 2. The molecular formula is C18H21Cl4NO5. The molecule has 0 aromatic heterocycles. The molecule has 1 aromatic rings. The van der Waals surface area contributed by atoms with Crippen LogP contribution in [0.3, 0.4) is 0 Å². The molecule has 28 heavy (non-hydrogen) atoms. The van der Waals surface area contributed by atoms with Gasteiger partial charge in [0.1, 0.15) is 12.7 Å². The summed E-state index contributed by atoms with van der Waals surface area (Å²) in [7, 11) is 0. The summed E-state index contributed by atoms with van der Waals surface area (Å²) in [5, 5.41) is 10.1. The van der Waals surface area contributed by atoms with E-state index in [9.17, 15) is 14.7 Å². The van der Waals surface area contributed by atoms with Crippen LogP contribution < -0.4 is 0 Å². The van der Waals surface area contributed by atoms with Gasteiger partial charge in [-0.1, -0.05) is 72.4 Å². The largest absolute Gasteiger partial charge is 0.508 e. The van der Waals surface area contributed by atoms with Gasteiger partial charge in [0.05, 0.1) is 6.54 Å². The fourth-order valence-corrected chi connectivity index (χ4v) is 3.68. The average molecular weight is 473 g/mol. The highest BCUT2D eigenvalue weighted by atomic mass is 35.6. The summed E-state index contributed by atoms with van der Waals surface area (Å²) in [4.78, 5) is 25.0. The van der Waals surface area contributed by atoms with Gasteiger partial charge in [0.2, 0.25) is 3.79 Å². The zero-order valence-electron chi connectivity index (χ0n) is 15.3. The minimum Gasteiger partial charge on any atom is -0.465 e. The van der Waals surface area contributed by atoms with Crippen LogP contribution in [0.15, 0.2) is 24.3 Å². The van der Waals surface area contributed by atoms with E-state index in [0.717, 1.165) is 5.56 Å². The molecule has 0 aliphatic carbocycles. The first-order valence-electron chi connectivity index (χ1n) is 8.61. The molecular weight excluding hydrogens is 452 g/mol. The third-order valence-electron chi connectivity index (χ3n) is 4.68. The van der Waals surface area contributed by atoms with Crippen molar-refractivity contribution < 1.29 is 24.2 Å². The van der Waals surface area contributed by atoms with Gasteiger partial charge >= 0.3 is 12.2 Å². The van der Waals surface area contributed by atoms with Crippen LogP contribution in [0.1, 0.15) is 25.3 Å². The molecule has 1 saturated heterocycles. The van der Waals surface area contributed by atoms with Crippen molar-refractivity contribution in [3.05, 3.63) is 34.9 Å². The molecule has 6 nitrogen and oxygen atoms in total. The second-order valence-corrected chi connectivity index (χ2v) is 9.94. The van der Waals surface area contributed by atoms with Crippen LogP contribution in [-0.2, 0) is 9.47 Å². The summed E-state index contributed by atoms with van der Waals surface area (Å²) >= 11 is 22.8. The van der Waals surface area contributed by atoms with Crippen LogP contribution in [0.4, 0.5) is 9.59 Å². The maximum atomic E-state index is 12.1. The van der Waals surface area contributed by atoms with Gasteiger partial charge in [-0.15, -0.1) is 0 Å². The summed E-state index contributed by atoms with van der Waals surface area (Å²) in [6.07, 6.45) is -2.87. The van der Waals surface area contributed by atoms with Crippen molar-refractivity contribution in [1.82, 2.24) is 4.90 Å². The highest BCUT2D eigenvalue weighted by Crippen LogP contribution is 2.39. The number of benzene rings is 1. The van der Waals surface area contributed by atoms with Crippen molar-refractivity contribution in [2.75, 3.05) is 19.7 Å². The van der Waals surface area contributed by atoms with E-state index >= 15 is 0 Å². The average Bonchev–Trinajstić information content (AvgIpc) is 2.59. The smallest absolute Gasteiger partial charge is 0.465 e. The highest BCUT2D eigenvalue weighted by molar-refractivity contribution is 6.67. The van der Waals surface area contributed by atoms with Gasteiger partial charge in [-0.2, -0.15) is 0 Å². The summed E-state index contributed by atoms with van der Waals surface area (Å²) in [6.45, 7) is 3.84. The van der Waals surface area contributed by atoms with Gasteiger partial charge in [-0.05, 0) is 29.5 Å². The van der Waals surface area contributed by atoms with Crippen LogP contribution in [-0.4, -0.2) is 51.8 Å². The topological polar surface area (TPSA) is 76.1 Å². The summed E-state index contributed by atoms with van der Waals surface area (Å²) in [6, 6.07) is 7.19. The number of alkyl halides is 3. The third kappa shape index (κ3) is 6.48. The van der Waals surface area contributed by atoms with Crippen molar-refractivity contribution in [2.45, 2.75) is 29.7 Å². The zero-order chi connectivity index (χ0) is 21.1. The molecule has 1 aromatic carbocycles. The number of carbonyl (C=O) groups excluding carboxylic acids is 1. The Morgan fingerprint density at radius 1 is 1.21 bits per heavy atom. The molecule has 10 heteroatoms. The molecule has 0 bridgehead atoms. The number of ether oxygens (including phenoxy) is 2. The number of halogens is 4. The van der Waals surface area contributed by atoms with E-state index in [0.29, 0.717) is 11.6 Å². The molecule has 1 fully saturated rings. The standard InChI is InChI=1S/C18H21Cl4NO5/c1-10(2)13-7-23(16(24)25)8-14(28-17(26)27-9-18(20,21)22)15(13)11-3-5-12(19)6-4-11/h3-6,10,13-15H,7-9H2,1-2H3,(H,24,25). The highest BCUT2D eigenvalue weighted by Gasteiger charge is 2.43. The van der Waals surface area contributed by atoms with Crippen molar-refractivity contribution in [3.63, 3.8) is 0 Å². The second-order valence-electron chi connectivity index (χ2n) is 6.98. The lowest BCUT2D eigenvalue weighted by Gasteiger charge is -2.44. The number of hydrogen-bond donors (Lipinski definition) is 1. The Morgan fingerprint density at radius 2 is 1.82 bits per heavy atom. The quantitative estimate of drug-likeness (QED) is 0.457. The Hall–Kier alpha value is -1.08. The lowest BCUT2D eigenvalue weighted by molar-refractivity contribution is -0.0337. The molecule has 3 unspecified atom stereocenters. The van der Waals surface area contributed by atoms with E-state index in [1.165, 1.54) is 4.90 Å². The maximum absolute atomic E-state index is 12.1. The lowest BCUT2D eigenvalue weighted by Crippen LogP contribution is -2.52. The van der Waals surface area contributed by atoms with Gasteiger partial charge in [-0.3, -0.25) is 0 Å².